The molecule has 21 heavy (non-hydrogen) atoms. The summed E-state index contributed by atoms with van der Waals surface area (Å²) in [5, 5.41) is 3.05. The Labute approximate surface area is 134 Å². The second-order valence-corrected chi connectivity index (χ2v) is 8.03. The summed E-state index contributed by atoms with van der Waals surface area (Å²) in [5.41, 5.74) is 1.04. The Kier molecular flexibility index (Phi) is 5.79. The lowest BCUT2D eigenvalue weighted by molar-refractivity contribution is 0.157. The number of nitrogens with one attached hydrogen (secondary N) is 1. The number of rotatable bonds is 6. The SMILES string of the molecule is CNCc1ccc(S(=O)(=O)N2CCC(COC)C2)c(Br)c1. The van der Waals surface area contributed by atoms with E-state index in [1.807, 2.05) is 19.2 Å². The Bertz CT molecular complexity index is 592. The number of halogens is 1. The van der Waals surface area contributed by atoms with E-state index in [0.29, 0.717) is 35.6 Å². The van der Waals surface area contributed by atoms with Gasteiger partial charge in [-0.25, -0.2) is 8.42 Å². The second kappa shape index (κ2) is 7.19. The molecule has 0 amide bonds. The normalized spacial score (nSPS) is 20.0. The van der Waals surface area contributed by atoms with Gasteiger partial charge in [0, 0.05) is 31.2 Å². The molecular formula is C14H21BrN2O3S. The summed E-state index contributed by atoms with van der Waals surface area (Å²) in [6.07, 6.45) is 0.850. The molecule has 1 unspecified atom stereocenters. The van der Waals surface area contributed by atoms with Crippen molar-refractivity contribution in [2.24, 2.45) is 5.92 Å². The zero-order chi connectivity index (χ0) is 15.5. The summed E-state index contributed by atoms with van der Waals surface area (Å²) < 4.78 is 32.7. The predicted molar refractivity (Wildman–Crippen MR) is 85.6 cm³/mol. The molecule has 0 bridgehead atoms. The van der Waals surface area contributed by atoms with Crippen LogP contribution in [0, 0.1) is 5.92 Å². The highest BCUT2D eigenvalue weighted by molar-refractivity contribution is 9.10. The van der Waals surface area contributed by atoms with Crippen LogP contribution in [0.25, 0.3) is 0 Å². The van der Waals surface area contributed by atoms with Crippen LogP contribution in [-0.2, 0) is 21.3 Å². The van der Waals surface area contributed by atoms with Crippen LogP contribution in [0.5, 0.6) is 0 Å². The maximum Gasteiger partial charge on any atom is 0.244 e. The van der Waals surface area contributed by atoms with Gasteiger partial charge in [0.05, 0.1) is 11.5 Å². The van der Waals surface area contributed by atoms with Gasteiger partial charge in [-0.15, -0.1) is 0 Å². The molecule has 1 aliphatic heterocycles. The molecule has 1 N–H and O–H groups in total. The van der Waals surface area contributed by atoms with E-state index < -0.39 is 10.0 Å². The number of hydrogen-bond donors (Lipinski definition) is 1. The van der Waals surface area contributed by atoms with Gasteiger partial charge in [-0.05, 0) is 53.0 Å². The molecule has 0 aliphatic carbocycles. The quantitative estimate of drug-likeness (QED) is 0.822. The lowest BCUT2D eigenvalue weighted by Gasteiger charge is -2.18. The molecule has 1 aromatic carbocycles. The smallest absolute Gasteiger partial charge is 0.244 e. The van der Waals surface area contributed by atoms with E-state index in [2.05, 4.69) is 21.2 Å². The van der Waals surface area contributed by atoms with Crippen LogP contribution in [0.4, 0.5) is 0 Å². The average Bonchev–Trinajstić information content (AvgIpc) is 2.89. The first-order valence-corrected chi connectivity index (χ1v) is 9.14. The van der Waals surface area contributed by atoms with Crippen molar-refractivity contribution in [1.29, 1.82) is 0 Å². The first-order valence-electron chi connectivity index (χ1n) is 6.91. The van der Waals surface area contributed by atoms with Crippen molar-refractivity contribution in [1.82, 2.24) is 9.62 Å². The van der Waals surface area contributed by atoms with Crippen LogP contribution >= 0.6 is 15.9 Å². The van der Waals surface area contributed by atoms with Crippen LogP contribution in [-0.4, -0.2) is 46.6 Å². The third-order valence-electron chi connectivity index (χ3n) is 3.65. The van der Waals surface area contributed by atoms with Gasteiger partial charge in [0.1, 0.15) is 0 Å². The number of sulfonamides is 1. The topological polar surface area (TPSA) is 58.6 Å². The maximum atomic E-state index is 12.7. The highest BCUT2D eigenvalue weighted by atomic mass is 79.9. The summed E-state index contributed by atoms with van der Waals surface area (Å²) in [6, 6.07) is 5.37. The van der Waals surface area contributed by atoms with Crippen LogP contribution in [0.2, 0.25) is 0 Å². The summed E-state index contributed by atoms with van der Waals surface area (Å²) in [7, 11) is 0.0651. The fourth-order valence-corrected chi connectivity index (χ4v) is 5.21. The van der Waals surface area contributed by atoms with E-state index in [1.54, 1.807) is 17.5 Å². The zero-order valence-electron chi connectivity index (χ0n) is 12.3. The van der Waals surface area contributed by atoms with E-state index in [0.717, 1.165) is 12.0 Å². The average molecular weight is 377 g/mol. The molecule has 7 heteroatoms. The van der Waals surface area contributed by atoms with Gasteiger partial charge in [0.25, 0.3) is 0 Å². The lowest BCUT2D eigenvalue weighted by atomic mass is 10.1. The van der Waals surface area contributed by atoms with Gasteiger partial charge >= 0.3 is 0 Å². The number of nitrogens with zero attached hydrogens (tertiary/aromatic N) is 1. The standard InChI is InChI=1S/C14H21BrN2O3S/c1-16-8-11-3-4-14(13(15)7-11)21(18,19)17-6-5-12(9-17)10-20-2/h3-4,7,12,16H,5-6,8-10H2,1-2H3. The van der Waals surface area contributed by atoms with Crippen molar-refractivity contribution in [2.75, 3.05) is 33.9 Å². The van der Waals surface area contributed by atoms with Crippen molar-refractivity contribution in [2.45, 2.75) is 17.9 Å². The fourth-order valence-electron chi connectivity index (χ4n) is 2.59. The first kappa shape index (κ1) is 16.9. The molecule has 0 radical (unpaired) electrons. The lowest BCUT2D eigenvalue weighted by Crippen LogP contribution is -2.29. The van der Waals surface area contributed by atoms with Crippen LogP contribution in [0.3, 0.4) is 0 Å². The molecule has 1 aromatic rings. The largest absolute Gasteiger partial charge is 0.384 e. The van der Waals surface area contributed by atoms with Crippen molar-refractivity contribution >= 4 is 26.0 Å². The molecule has 0 saturated carbocycles. The van der Waals surface area contributed by atoms with Crippen molar-refractivity contribution in [3.05, 3.63) is 28.2 Å². The van der Waals surface area contributed by atoms with Crippen molar-refractivity contribution < 1.29 is 13.2 Å². The van der Waals surface area contributed by atoms with Gasteiger partial charge in [0.15, 0.2) is 0 Å². The Morgan fingerprint density at radius 2 is 2.24 bits per heavy atom. The third-order valence-corrected chi connectivity index (χ3v) is 6.49. The third kappa shape index (κ3) is 3.84. The van der Waals surface area contributed by atoms with E-state index in [4.69, 9.17) is 4.74 Å². The minimum Gasteiger partial charge on any atom is -0.384 e. The molecule has 5 nitrogen and oxygen atoms in total. The van der Waals surface area contributed by atoms with E-state index >= 15 is 0 Å². The number of benzene rings is 1. The van der Waals surface area contributed by atoms with Crippen LogP contribution < -0.4 is 5.32 Å². The highest BCUT2D eigenvalue weighted by Crippen LogP contribution is 2.29. The molecule has 0 spiro atoms. The molecule has 1 aliphatic rings. The molecule has 2 rings (SSSR count). The zero-order valence-corrected chi connectivity index (χ0v) is 14.7. The first-order chi connectivity index (χ1) is 9.98. The monoisotopic (exact) mass is 376 g/mol. The predicted octanol–water partition coefficient (Wildman–Crippen LogP) is 1.83. The molecule has 1 saturated heterocycles. The Balaban J connectivity index is 2.20. The minimum absolute atomic E-state index is 0.284. The minimum atomic E-state index is -3.44. The van der Waals surface area contributed by atoms with Crippen molar-refractivity contribution in [3.63, 3.8) is 0 Å². The summed E-state index contributed by atoms with van der Waals surface area (Å²) in [6.45, 7) is 2.40. The van der Waals surface area contributed by atoms with E-state index in [9.17, 15) is 8.42 Å². The summed E-state index contributed by atoms with van der Waals surface area (Å²) in [4.78, 5) is 0.334. The van der Waals surface area contributed by atoms with Gasteiger partial charge in [0.2, 0.25) is 10.0 Å². The van der Waals surface area contributed by atoms with Gasteiger partial charge in [-0.3, -0.25) is 0 Å². The van der Waals surface area contributed by atoms with Gasteiger partial charge < -0.3 is 10.1 Å². The highest BCUT2D eigenvalue weighted by Gasteiger charge is 2.33. The molecule has 118 valence electrons. The Morgan fingerprint density at radius 3 is 2.86 bits per heavy atom. The van der Waals surface area contributed by atoms with Crippen LogP contribution in [0.15, 0.2) is 27.6 Å². The fraction of sp³-hybridized carbons (Fsp3) is 0.571. The number of methoxy groups -OCH3 is 1. The Morgan fingerprint density at radius 1 is 1.48 bits per heavy atom. The van der Waals surface area contributed by atoms with Crippen LogP contribution in [0.1, 0.15) is 12.0 Å². The van der Waals surface area contributed by atoms with Gasteiger partial charge in [-0.1, -0.05) is 6.07 Å². The Hall–Kier alpha value is -0.470. The molecule has 0 aromatic heterocycles. The van der Waals surface area contributed by atoms with E-state index in [1.165, 1.54) is 0 Å². The molecular weight excluding hydrogens is 356 g/mol. The van der Waals surface area contributed by atoms with Gasteiger partial charge in [-0.2, -0.15) is 4.31 Å². The van der Waals surface area contributed by atoms with Crippen molar-refractivity contribution in [3.8, 4) is 0 Å². The second-order valence-electron chi connectivity index (χ2n) is 5.27. The number of hydrogen-bond acceptors (Lipinski definition) is 4. The molecule has 1 fully saturated rings. The summed E-state index contributed by atoms with van der Waals surface area (Å²) >= 11 is 3.39. The molecule has 1 atom stereocenters. The maximum absolute atomic E-state index is 12.7. The van der Waals surface area contributed by atoms with E-state index in [-0.39, 0.29) is 5.92 Å². The summed E-state index contributed by atoms with van der Waals surface area (Å²) in [5.74, 6) is 0.284. The number of ether oxygens (including phenoxy) is 1. The molecule has 1 heterocycles.